The number of rotatable bonds is 4. The fraction of sp³-hybridized carbons (Fsp3) is 0.421. The van der Waals surface area contributed by atoms with Crippen molar-refractivity contribution < 1.29 is 14.3 Å². The highest BCUT2D eigenvalue weighted by molar-refractivity contribution is 6.08. The highest BCUT2D eigenvalue weighted by Crippen LogP contribution is 2.32. The van der Waals surface area contributed by atoms with Crippen LogP contribution in [0.2, 0.25) is 0 Å². The minimum absolute atomic E-state index is 0.0181. The summed E-state index contributed by atoms with van der Waals surface area (Å²) in [4.78, 5) is 26.6. The molecule has 7 heteroatoms. The number of fused-ring (bicyclic) bond motifs is 3. The van der Waals surface area contributed by atoms with Crippen LogP contribution >= 0.6 is 0 Å². The van der Waals surface area contributed by atoms with Crippen LogP contribution < -0.4 is 9.64 Å². The lowest BCUT2D eigenvalue weighted by atomic mass is 9.97. The first kappa shape index (κ1) is 16.6. The fourth-order valence-corrected chi connectivity index (χ4v) is 3.62. The third kappa shape index (κ3) is 2.83. The maximum absolute atomic E-state index is 11.9. The van der Waals surface area contributed by atoms with Crippen LogP contribution in [0.5, 0.6) is 5.75 Å². The van der Waals surface area contributed by atoms with Crippen LogP contribution in [0.25, 0.3) is 21.9 Å². The monoisotopic (exact) mass is 354 g/mol. The van der Waals surface area contributed by atoms with Gasteiger partial charge in [0, 0.05) is 24.5 Å². The highest BCUT2D eigenvalue weighted by atomic mass is 16.5. The van der Waals surface area contributed by atoms with E-state index < -0.39 is 0 Å². The molecular weight excluding hydrogens is 332 g/mol. The van der Waals surface area contributed by atoms with Gasteiger partial charge in [0.05, 0.1) is 25.2 Å². The fourth-order valence-electron chi connectivity index (χ4n) is 3.62. The van der Waals surface area contributed by atoms with E-state index in [0.29, 0.717) is 6.61 Å². The maximum atomic E-state index is 11.9. The number of nitrogens with one attached hydrogen (secondary N) is 1. The molecule has 0 radical (unpaired) electrons. The number of anilines is 1. The number of hydrogen-bond acceptors (Lipinski definition) is 6. The van der Waals surface area contributed by atoms with Crippen molar-refractivity contribution in [2.75, 3.05) is 31.7 Å². The summed E-state index contributed by atoms with van der Waals surface area (Å²) in [6.07, 6.45) is 3.16. The van der Waals surface area contributed by atoms with Crippen LogP contribution in [-0.4, -0.2) is 47.7 Å². The number of ether oxygens (including phenoxy) is 2. The molecule has 0 saturated carbocycles. The lowest BCUT2D eigenvalue weighted by molar-refractivity contribution is -0.148. The summed E-state index contributed by atoms with van der Waals surface area (Å²) >= 11 is 0. The molecule has 26 heavy (non-hydrogen) atoms. The number of nitrogens with zero attached hydrogens (tertiary/aromatic N) is 3. The molecule has 0 bridgehead atoms. The summed E-state index contributed by atoms with van der Waals surface area (Å²) < 4.78 is 10.5. The van der Waals surface area contributed by atoms with Crippen LogP contribution in [-0.2, 0) is 9.53 Å². The van der Waals surface area contributed by atoms with E-state index in [1.807, 2.05) is 25.1 Å². The molecule has 1 aromatic carbocycles. The van der Waals surface area contributed by atoms with Gasteiger partial charge in [-0.1, -0.05) is 0 Å². The third-order valence-corrected chi connectivity index (χ3v) is 4.98. The van der Waals surface area contributed by atoms with E-state index in [2.05, 4.69) is 19.9 Å². The number of aromatic amines is 1. The predicted molar refractivity (Wildman–Crippen MR) is 99.5 cm³/mol. The second kappa shape index (κ2) is 6.82. The molecule has 4 rings (SSSR count). The zero-order chi connectivity index (χ0) is 18.1. The largest absolute Gasteiger partial charge is 0.497 e. The maximum Gasteiger partial charge on any atom is 0.309 e. The molecule has 0 unspecified atom stereocenters. The Labute approximate surface area is 151 Å². The van der Waals surface area contributed by atoms with Gasteiger partial charge in [0.25, 0.3) is 0 Å². The number of carbonyl (C=O) groups is 1. The van der Waals surface area contributed by atoms with Crippen molar-refractivity contribution in [1.82, 2.24) is 15.0 Å². The van der Waals surface area contributed by atoms with E-state index in [9.17, 15) is 4.79 Å². The lowest BCUT2D eigenvalue weighted by Crippen LogP contribution is -2.37. The number of carbonyl (C=O) groups excluding carboxylic acids is 1. The standard InChI is InChI=1S/C19H22N4O3/c1-3-26-19(24)12-6-8-23(9-7-12)18-17-16(20-11-21-18)14-5-4-13(25-2)10-15(14)22-17/h4-5,10-12,22H,3,6-9H2,1-2H3. The Bertz CT molecular complexity index is 945. The summed E-state index contributed by atoms with van der Waals surface area (Å²) in [7, 11) is 1.66. The summed E-state index contributed by atoms with van der Waals surface area (Å²) in [6, 6.07) is 5.91. The van der Waals surface area contributed by atoms with Gasteiger partial charge in [-0.2, -0.15) is 0 Å². The van der Waals surface area contributed by atoms with Crippen LogP contribution in [0.3, 0.4) is 0 Å². The van der Waals surface area contributed by atoms with Crippen molar-refractivity contribution >= 4 is 33.7 Å². The Balaban J connectivity index is 1.64. The van der Waals surface area contributed by atoms with Crippen molar-refractivity contribution in [3.05, 3.63) is 24.5 Å². The molecule has 0 atom stereocenters. The Hall–Kier alpha value is -2.83. The molecule has 1 N–H and O–H groups in total. The zero-order valence-electron chi connectivity index (χ0n) is 15.0. The van der Waals surface area contributed by atoms with Crippen LogP contribution in [0.1, 0.15) is 19.8 Å². The smallest absolute Gasteiger partial charge is 0.309 e. The number of benzene rings is 1. The van der Waals surface area contributed by atoms with Gasteiger partial charge in [0.2, 0.25) is 0 Å². The number of hydrogen-bond donors (Lipinski definition) is 1. The minimum atomic E-state index is -0.0855. The molecule has 3 aromatic rings. The van der Waals surface area contributed by atoms with Crippen molar-refractivity contribution in [1.29, 1.82) is 0 Å². The number of piperidine rings is 1. The Morgan fingerprint density at radius 2 is 2.12 bits per heavy atom. The van der Waals surface area contributed by atoms with Gasteiger partial charge < -0.3 is 19.4 Å². The SMILES string of the molecule is CCOC(=O)C1CCN(c2ncnc3c2[nH]c2cc(OC)ccc23)CC1. The van der Waals surface area contributed by atoms with E-state index in [0.717, 1.165) is 59.4 Å². The normalized spacial score (nSPS) is 15.5. The van der Waals surface area contributed by atoms with Crippen molar-refractivity contribution in [2.24, 2.45) is 5.92 Å². The van der Waals surface area contributed by atoms with E-state index in [-0.39, 0.29) is 11.9 Å². The molecule has 1 saturated heterocycles. The van der Waals surface area contributed by atoms with Gasteiger partial charge in [-0.05, 0) is 31.9 Å². The van der Waals surface area contributed by atoms with Crippen molar-refractivity contribution in [3.8, 4) is 5.75 Å². The third-order valence-electron chi connectivity index (χ3n) is 4.98. The van der Waals surface area contributed by atoms with Gasteiger partial charge >= 0.3 is 5.97 Å². The predicted octanol–water partition coefficient (Wildman–Crippen LogP) is 2.90. The second-order valence-electron chi connectivity index (χ2n) is 6.47. The van der Waals surface area contributed by atoms with Crippen LogP contribution in [0.4, 0.5) is 5.82 Å². The quantitative estimate of drug-likeness (QED) is 0.726. The van der Waals surface area contributed by atoms with Gasteiger partial charge in [0.15, 0.2) is 5.82 Å². The summed E-state index contributed by atoms with van der Waals surface area (Å²) in [6.45, 7) is 3.82. The number of esters is 1. The molecule has 0 amide bonds. The first-order chi connectivity index (χ1) is 12.7. The summed E-state index contributed by atoms with van der Waals surface area (Å²) in [5.41, 5.74) is 2.80. The number of H-pyrrole nitrogens is 1. The molecule has 2 aromatic heterocycles. The molecule has 1 fully saturated rings. The van der Waals surface area contributed by atoms with Gasteiger partial charge in [-0.25, -0.2) is 9.97 Å². The van der Waals surface area contributed by atoms with Gasteiger partial charge in [-0.15, -0.1) is 0 Å². The van der Waals surface area contributed by atoms with Crippen LogP contribution in [0, 0.1) is 5.92 Å². The van der Waals surface area contributed by atoms with Crippen molar-refractivity contribution in [3.63, 3.8) is 0 Å². The van der Waals surface area contributed by atoms with E-state index in [1.54, 1.807) is 13.4 Å². The van der Waals surface area contributed by atoms with Gasteiger partial charge in [-0.3, -0.25) is 4.79 Å². The molecule has 0 aliphatic carbocycles. The second-order valence-corrected chi connectivity index (χ2v) is 6.47. The Kier molecular flexibility index (Phi) is 4.36. The van der Waals surface area contributed by atoms with E-state index in [4.69, 9.17) is 9.47 Å². The molecule has 1 aliphatic heterocycles. The van der Waals surface area contributed by atoms with Crippen LogP contribution in [0.15, 0.2) is 24.5 Å². The summed E-state index contributed by atoms with van der Waals surface area (Å²) in [5.74, 6) is 1.58. The zero-order valence-corrected chi connectivity index (χ0v) is 15.0. The Morgan fingerprint density at radius 3 is 2.85 bits per heavy atom. The Morgan fingerprint density at radius 1 is 1.31 bits per heavy atom. The topological polar surface area (TPSA) is 80.3 Å². The molecular formula is C19H22N4O3. The molecule has 0 spiro atoms. The number of aromatic nitrogens is 3. The first-order valence-corrected chi connectivity index (χ1v) is 8.93. The molecule has 1 aliphatic rings. The highest BCUT2D eigenvalue weighted by Gasteiger charge is 2.27. The number of methoxy groups -OCH3 is 1. The molecule has 136 valence electrons. The van der Waals surface area contributed by atoms with Crippen molar-refractivity contribution in [2.45, 2.75) is 19.8 Å². The minimum Gasteiger partial charge on any atom is -0.497 e. The van der Waals surface area contributed by atoms with E-state index in [1.165, 1.54) is 0 Å². The first-order valence-electron chi connectivity index (χ1n) is 8.93. The average molecular weight is 354 g/mol. The van der Waals surface area contributed by atoms with E-state index >= 15 is 0 Å². The van der Waals surface area contributed by atoms with Gasteiger partial charge in [0.1, 0.15) is 23.1 Å². The lowest BCUT2D eigenvalue weighted by Gasteiger charge is -2.31. The molecule has 7 nitrogen and oxygen atoms in total. The summed E-state index contributed by atoms with van der Waals surface area (Å²) in [5, 5.41) is 1.05. The molecule has 3 heterocycles. The average Bonchev–Trinajstić information content (AvgIpc) is 3.06.